The van der Waals surface area contributed by atoms with E-state index in [-0.39, 0.29) is 31.8 Å². The number of nitrogens with two attached hydrogens (primary N) is 4. The molecular formula is C21H36N10O6S. The summed E-state index contributed by atoms with van der Waals surface area (Å²) in [5.41, 5.74) is 22.0. The number of aromatic nitrogens is 2. The number of carboxylic acids is 1. The molecule has 16 nitrogen and oxygen atoms in total. The Labute approximate surface area is 223 Å². The van der Waals surface area contributed by atoms with E-state index in [4.69, 9.17) is 22.9 Å². The molecular weight excluding hydrogens is 520 g/mol. The quantitative estimate of drug-likeness (QED) is 0.0485. The molecule has 13 N–H and O–H groups in total. The number of hydrogen-bond acceptors (Lipinski definition) is 9. The molecule has 4 atom stereocenters. The molecule has 0 radical (unpaired) electrons. The lowest BCUT2D eigenvalue weighted by Crippen LogP contribution is -2.58. The number of H-pyrrole nitrogens is 1. The SMILES string of the molecule is CSCCC(NC(=O)C(N)CCCN=C(N)N)C(=O)NC(Cc1cnc[nH]1)C(=O)NC(CC(N)=O)C(=O)O. The van der Waals surface area contributed by atoms with Crippen molar-refractivity contribution in [3.63, 3.8) is 0 Å². The lowest BCUT2D eigenvalue weighted by atomic mass is 10.1. The zero-order valence-corrected chi connectivity index (χ0v) is 21.8. The summed E-state index contributed by atoms with van der Waals surface area (Å²) in [4.78, 5) is 71.9. The van der Waals surface area contributed by atoms with Gasteiger partial charge in [-0.1, -0.05) is 0 Å². The minimum absolute atomic E-state index is 0.0742. The minimum atomic E-state index is -1.59. The minimum Gasteiger partial charge on any atom is -0.480 e. The van der Waals surface area contributed by atoms with E-state index in [9.17, 15) is 29.1 Å². The van der Waals surface area contributed by atoms with Crippen molar-refractivity contribution in [2.45, 2.75) is 56.3 Å². The summed E-state index contributed by atoms with van der Waals surface area (Å²) in [6, 6.07) is -4.82. The van der Waals surface area contributed by atoms with Crippen LogP contribution < -0.4 is 38.9 Å². The summed E-state index contributed by atoms with van der Waals surface area (Å²) in [5, 5.41) is 16.7. The predicted molar refractivity (Wildman–Crippen MR) is 140 cm³/mol. The molecule has 38 heavy (non-hydrogen) atoms. The molecule has 1 heterocycles. The fraction of sp³-hybridized carbons (Fsp3) is 0.571. The first-order valence-corrected chi connectivity index (χ1v) is 13.0. The molecule has 17 heteroatoms. The summed E-state index contributed by atoms with van der Waals surface area (Å²) in [5.74, 6) is -4.08. The molecule has 0 fully saturated rings. The number of nitrogens with one attached hydrogen (secondary N) is 4. The third-order valence-corrected chi connectivity index (χ3v) is 5.82. The van der Waals surface area contributed by atoms with Crippen LogP contribution >= 0.6 is 11.8 Å². The number of hydrogen-bond donors (Lipinski definition) is 9. The summed E-state index contributed by atoms with van der Waals surface area (Å²) < 4.78 is 0. The van der Waals surface area contributed by atoms with E-state index in [0.717, 1.165) is 0 Å². The van der Waals surface area contributed by atoms with Gasteiger partial charge < -0.3 is 49.0 Å². The number of rotatable bonds is 18. The number of nitrogens with zero attached hydrogens (tertiary/aromatic N) is 2. The molecule has 0 aliphatic rings. The van der Waals surface area contributed by atoms with Gasteiger partial charge >= 0.3 is 5.97 Å². The van der Waals surface area contributed by atoms with Crippen molar-refractivity contribution < 1.29 is 29.1 Å². The Morgan fingerprint density at radius 2 is 1.66 bits per heavy atom. The molecule has 1 rings (SSSR count). The van der Waals surface area contributed by atoms with Gasteiger partial charge in [-0.15, -0.1) is 0 Å². The summed E-state index contributed by atoms with van der Waals surface area (Å²) >= 11 is 1.45. The first-order chi connectivity index (χ1) is 17.9. The second-order valence-corrected chi connectivity index (χ2v) is 9.30. The third kappa shape index (κ3) is 12.4. The maximum absolute atomic E-state index is 13.2. The summed E-state index contributed by atoms with van der Waals surface area (Å²) in [7, 11) is 0. The highest BCUT2D eigenvalue weighted by atomic mass is 32.2. The van der Waals surface area contributed by atoms with E-state index in [1.54, 1.807) is 0 Å². The molecule has 0 spiro atoms. The van der Waals surface area contributed by atoms with Crippen LogP contribution in [0.2, 0.25) is 0 Å². The van der Waals surface area contributed by atoms with E-state index < -0.39 is 60.2 Å². The number of thioether (sulfide) groups is 1. The second-order valence-electron chi connectivity index (χ2n) is 8.31. The highest BCUT2D eigenvalue weighted by molar-refractivity contribution is 7.98. The number of guanidine groups is 1. The predicted octanol–water partition coefficient (Wildman–Crippen LogP) is -3.50. The molecule has 0 aromatic carbocycles. The van der Waals surface area contributed by atoms with Crippen LogP contribution in [-0.2, 0) is 30.4 Å². The zero-order chi connectivity index (χ0) is 28.7. The summed E-state index contributed by atoms with van der Waals surface area (Å²) in [6.45, 7) is 0.289. The van der Waals surface area contributed by atoms with Crippen LogP contribution in [0.5, 0.6) is 0 Å². The number of aliphatic imine (C=N–C) groups is 1. The van der Waals surface area contributed by atoms with Gasteiger partial charge in [0.15, 0.2) is 5.96 Å². The van der Waals surface area contributed by atoms with Gasteiger partial charge in [0.05, 0.1) is 18.8 Å². The van der Waals surface area contributed by atoms with Crippen molar-refractivity contribution in [1.29, 1.82) is 0 Å². The highest BCUT2D eigenvalue weighted by Crippen LogP contribution is 2.06. The number of amides is 4. The molecule has 0 bridgehead atoms. The average Bonchev–Trinajstić information content (AvgIpc) is 3.35. The first-order valence-electron chi connectivity index (χ1n) is 11.6. The van der Waals surface area contributed by atoms with Crippen LogP contribution in [-0.4, -0.2) is 93.4 Å². The molecule has 4 unspecified atom stereocenters. The van der Waals surface area contributed by atoms with Gasteiger partial charge in [0, 0.05) is 24.9 Å². The Bertz CT molecular complexity index is 970. The van der Waals surface area contributed by atoms with Crippen molar-refractivity contribution in [2.75, 3.05) is 18.6 Å². The number of primary amides is 1. The number of aliphatic carboxylic acids is 1. The third-order valence-electron chi connectivity index (χ3n) is 5.18. The van der Waals surface area contributed by atoms with Crippen LogP contribution in [0.1, 0.15) is 31.4 Å². The maximum atomic E-state index is 13.2. The standard InChI is InChI=1S/C21H36N10O6S/c1-38-6-4-13(29-17(33)12(22)3-2-5-27-21(24)25)18(34)30-14(7-11-9-26-10-28-11)19(35)31-15(20(36)37)8-16(23)32/h9-10,12-15H,2-8,22H2,1H3,(H2,23,32)(H,26,28)(H,29,33)(H,30,34)(H,31,35)(H,36,37)(H4,24,25,27). The van der Waals surface area contributed by atoms with Gasteiger partial charge in [-0.25, -0.2) is 9.78 Å². The van der Waals surface area contributed by atoms with Crippen molar-refractivity contribution in [1.82, 2.24) is 25.9 Å². The van der Waals surface area contributed by atoms with Crippen LogP contribution in [0.25, 0.3) is 0 Å². The lowest BCUT2D eigenvalue weighted by Gasteiger charge is -2.25. The average molecular weight is 557 g/mol. The number of carboxylic acid groups (broad SMARTS) is 1. The van der Waals surface area contributed by atoms with E-state index in [2.05, 4.69) is 30.9 Å². The summed E-state index contributed by atoms with van der Waals surface area (Å²) in [6.07, 6.45) is 4.85. The number of aromatic amines is 1. The van der Waals surface area contributed by atoms with E-state index >= 15 is 0 Å². The smallest absolute Gasteiger partial charge is 0.326 e. The van der Waals surface area contributed by atoms with Gasteiger partial charge in [0.25, 0.3) is 0 Å². The molecule has 0 saturated heterocycles. The molecule has 212 valence electrons. The van der Waals surface area contributed by atoms with E-state index in [1.165, 1.54) is 24.3 Å². The van der Waals surface area contributed by atoms with Crippen LogP contribution in [0.15, 0.2) is 17.5 Å². The number of carbonyl (C=O) groups excluding carboxylic acids is 4. The van der Waals surface area contributed by atoms with Crippen molar-refractivity contribution >= 4 is 47.3 Å². The second kappa shape index (κ2) is 16.8. The fourth-order valence-electron chi connectivity index (χ4n) is 3.21. The van der Waals surface area contributed by atoms with Crippen LogP contribution in [0.4, 0.5) is 0 Å². The number of carbonyl (C=O) groups is 5. The molecule has 0 aliphatic carbocycles. The normalized spacial score (nSPS) is 13.8. The van der Waals surface area contributed by atoms with Crippen molar-refractivity contribution in [3.05, 3.63) is 18.2 Å². The first kappa shape index (κ1) is 32.2. The fourth-order valence-corrected chi connectivity index (χ4v) is 3.68. The zero-order valence-electron chi connectivity index (χ0n) is 21.0. The highest BCUT2D eigenvalue weighted by Gasteiger charge is 2.31. The van der Waals surface area contributed by atoms with Gasteiger partial charge in [-0.2, -0.15) is 11.8 Å². The van der Waals surface area contributed by atoms with Gasteiger partial charge in [-0.3, -0.25) is 24.2 Å². The Kier molecular flexibility index (Phi) is 14.2. The monoisotopic (exact) mass is 556 g/mol. The van der Waals surface area contributed by atoms with Crippen LogP contribution in [0.3, 0.4) is 0 Å². The number of imidazole rings is 1. The van der Waals surface area contributed by atoms with Crippen molar-refractivity contribution in [3.8, 4) is 0 Å². The molecule has 1 aromatic heterocycles. The maximum Gasteiger partial charge on any atom is 0.326 e. The lowest BCUT2D eigenvalue weighted by molar-refractivity contribution is -0.143. The molecule has 0 saturated carbocycles. The van der Waals surface area contributed by atoms with Crippen molar-refractivity contribution in [2.24, 2.45) is 27.9 Å². The largest absolute Gasteiger partial charge is 0.480 e. The molecule has 4 amide bonds. The van der Waals surface area contributed by atoms with E-state index in [1.807, 2.05) is 6.26 Å². The molecule has 1 aromatic rings. The van der Waals surface area contributed by atoms with E-state index in [0.29, 0.717) is 17.9 Å². The molecule has 0 aliphatic heterocycles. The Balaban J connectivity index is 2.98. The van der Waals surface area contributed by atoms with Crippen LogP contribution in [0, 0.1) is 0 Å². The Morgan fingerprint density at radius 1 is 1.03 bits per heavy atom. The topological polar surface area (TPSA) is 287 Å². The Hall–Kier alpha value is -3.86. The Morgan fingerprint density at radius 3 is 2.21 bits per heavy atom. The van der Waals surface area contributed by atoms with Gasteiger partial charge in [0.1, 0.15) is 18.1 Å². The van der Waals surface area contributed by atoms with Gasteiger partial charge in [-0.05, 0) is 31.3 Å². The van der Waals surface area contributed by atoms with Gasteiger partial charge in [0.2, 0.25) is 23.6 Å².